The fourth-order valence-electron chi connectivity index (χ4n) is 2.63. The van der Waals surface area contributed by atoms with Crippen LogP contribution in [0.1, 0.15) is 29.6 Å². The number of hydrogen-bond donors (Lipinski definition) is 3. The lowest BCUT2D eigenvalue weighted by atomic mass is 10.1. The summed E-state index contributed by atoms with van der Waals surface area (Å²) in [4.78, 5) is 29.7. The Morgan fingerprint density at radius 1 is 1.43 bits per heavy atom. The smallest absolute Gasteiger partial charge is 0.307 e. The van der Waals surface area contributed by atoms with Crippen LogP contribution in [0.3, 0.4) is 0 Å². The Labute approximate surface area is 136 Å². The number of aromatic nitrogens is 2. The molecule has 1 saturated carbocycles. The van der Waals surface area contributed by atoms with E-state index in [1.54, 1.807) is 0 Å². The van der Waals surface area contributed by atoms with Gasteiger partial charge in [0.15, 0.2) is 4.77 Å². The topological polar surface area (TPSA) is 87.0 Å². The first-order valence-electron chi connectivity index (χ1n) is 7.27. The van der Waals surface area contributed by atoms with Crippen LogP contribution >= 0.6 is 12.2 Å². The summed E-state index contributed by atoms with van der Waals surface area (Å²) in [5, 5.41) is 2.81. The average Bonchev–Trinajstić information content (AvgIpc) is 3.27. The summed E-state index contributed by atoms with van der Waals surface area (Å²) in [6.07, 6.45) is 2.01. The van der Waals surface area contributed by atoms with Crippen molar-refractivity contribution in [3.63, 3.8) is 0 Å². The van der Waals surface area contributed by atoms with Crippen LogP contribution in [-0.4, -0.2) is 35.0 Å². The number of amides is 1. The van der Waals surface area contributed by atoms with Crippen LogP contribution in [0.15, 0.2) is 12.1 Å². The van der Waals surface area contributed by atoms with Crippen LogP contribution in [0.4, 0.5) is 4.39 Å². The van der Waals surface area contributed by atoms with Gasteiger partial charge in [-0.25, -0.2) is 4.39 Å². The monoisotopic (exact) mass is 337 g/mol. The van der Waals surface area contributed by atoms with Gasteiger partial charge in [0.1, 0.15) is 5.82 Å². The van der Waals surface area contributed by atoms with Gasteiger partial charge in [-0.1, -0.05) is 0 Å². The Kier molecular flexibility index (Phi) is 4.16. The molecule has 1 aliphatic rings. The second-order valence-electron chi connectivity index (χ2n) is 5.65. The van der Waals surface area contributed by atoms with Gasteiger partial charge in [-0.3, -0.25) is 9.59 Å². The third kappa shape index (κ3) is 3.42. The molecule has 1 aromatic heterocycles. The van der Waals surface area contributed by atoms with Gasteiger partial charge in [-0.15, -0.1) is 0 Å². The van der Waals surface area contributed by atoms with Crippen LogP contribution in [0.25, 0.3) is 11.0 Å². The molecule has 0 saturated heterocycles. The maximum atomic E-state index is 13.7. The van der Waals surface area contributed by atoms with Crippen molar-refractivity contribution in [2.75, 3.05) is 7.11 Å². The lowest BCUT2D eigenvalue weighted by Crippen LogP contribution is -2.38. The fraction of sp³-hybridized carbons (Fsp3) is 0.400. The van der Waals surface area contributed by atoms with E-state index < -0.39 is 11.7 Å². The van der Waals surface area contributed by atoms with Crippen LogP contribution < -0.4 is 5.32 Å². The summed E-state index contributed by atoms with van der Waals surface area (Å²) in [5.74, 6) is -1.11. The van der Waals surface area contributed by atoms with Gasteiger partial charge in [0, 0.05) is 6.04 Å². The molecule has 0 radical (unpaired) electrons. The summed E-state index contributed by atoms with van der Waals surface area (Å²) >= 11 is 4.99. The van der Waals surface area contributed by atoms with Crippen LogP contribution in [-0.2, 0) is 9.53 Å². The van der Waals surface area contributed by atoms with Crippen molar-refractivity contribution in [3.05, 3.63) is 28.3 Å². The number of nitrogens with one attached hydrogen (secondary N) is 3. The first-order valence-corrected chi connectivity index (χ1v) is 7.68. The summed E-state index contributed by atoms with van der Waals surface area (Å²) in [6.45, 7) is 0. The number of carbonyl (C=O) groups is 2. The molecule has 1 aromatic carbocycles. The minimum atomic E-state index is -0.538. The summed E-state index contributed by atoms with van der Waals surface area (Å²) in [5.41, 5.74) is 1.03. The fourth-order valence-corrected chi connectivity index (χ4v) is 2.84. The number of ether oxygens (including phenoxy) is 1. The third-order valence-corrected chi connectivity index (χ3v) is 4.16. The molecule has 122 valence electrons. The van der Waals surface area contributed by atoms with Crippen LogP contribution in [0, 0.1) is 16.5 Å². The van der Waals surface area contributed by atoms with Crippen molar-refractivity contribution in [2.45, 2.75) is 25.3 Å². The third-order valence-electron chi connectivity index (χ3n) is 3.96. The molecule has 0 aliphatic heterocycles. The molecule has 1 aliphatic carbocycles. The SMILES string of the molecule is COC(=O)C[C@H](NC(=O)c1cc(F)cc2[nH]c(=S)[nH]c12)C1CC1. The van der Waals surface area contributed by atoms with E-state index in [-0.39, 0.29) is 29.9 Å². The van der Waals surface area contributed by atoms with Gasteiger partial charge >= 0.3 is 5.97 Å². The zero-order valence-corrected chi connectivity index (χ0v) is 13.3. The van der Waals surface area contributed by atoms with Gasteiger partial charge in [-0.05, 0) is 43.1 Å². The molecular weight excluding hydrogens is 321 g/mol. The summed E-state index contributed by atoms with van der Waals surface area (Å²) in [6, 6.07) is 2.11. The highest BCUT2D eigenvalue weighted by Gasteiger charge is 2.34. The van der Waals surface area contributed by atoms with E-state index in [1.165, 1.54) is 13.2 Å². The Morgan fingerprint density at radius 3 is 2.83 bits per heavy atom. The Balaban J connectivity index is 1.87. The first kappa shape index (κ1) is 15.7. The molecule has 6 nitrogen and oxygen atoms in total. The molecule has 2 aromatic rings. The van der Waals surface area contributed by atoms with Gasteiger partial charge < -0.3 is 20.0 Å². The van der Waals surface area contributed by atoms with Crippen LogP contribution in [0.5, 0.6) is 0 Å². The Hall–Kier alpha value is -2.22. The second kappa shape index (κ2) is 6.11. The van der Waals surface area contributed by atoms with E-state index in [1.807, 2.05) is 0 Å². The zero-order chi connectivity index (χ0) is 16.6. The molecule has 1 heterocycles. The molecule has 1 amide bonds. The molecule has 3 N–H and O–H groups in total. The molecule has 3 rings (SSSR count). The molecule has 0 spiro atoms. The van der Waals surface area contributed by atoms with Crippen molar-refractivity contribution in [3.8, 4) is 0 Å². The van der Waals surface area contributed by atoms with Gasteiger partial charge in [-0.2, -0.15) is 0 Å². The number of fused-ring (bicyclic) bond motifs is 1. The Morgan fingerprint density at radius 2 is 2.17 bits per heavy atom. The minimum Gasteiger partial charge on any atom is -0.469 e. The molecule has 23 heavy (non-hydrogen) atoms. The largest absolute Gasteiger partial charge is 0.469 e. The maximum Gasteiger partial charge on any atom is 0.307 e. The van der Waals surface area contributed by atoms with Crippen molar-refractivity contribution >= 4 is 35.1 Å². The second-order valence-corrected chi connectivity index (χ2v) is 6.06. The molecule has 8 heteroatoms. The number of imidazole rings is 1. The van der Waals surface area contributed by atoms with Gasteiger partial charge in [0.05, 0.1) is 30.1 Å². The lowest BCUT2D eigenvalue weighted by molar-refractivity contribution is -0.141. The number of esters is 1. The number of methoxy groups -OCH3 is 1. The number of aromatic amines is 2. The minimum absolute atomic E-state index is 0.106. The van der Waals surface area contributed by atoms with E-state index in [2.05, 4.69) is 20.0 Å². The number of hydrogen-bond acceptors (Lipinski definition) is 4. The molecule has 1 fully saturated rings. The number of halogens is 1. The van der Waals surface area contributed by atoms with E-state index >= 15 is 0 Å². The average molecular weight is 337 g/mol. The van der Waals surface area contributed by atoms with Gasteiger partial charge in [0.25, 0.3) is 5.91 Å². The van der Waals surface area contributed by atoms with E-state index in [4.69, 9.17) is 12.2 Å². The van der Waals surface area contributed by atoms with E-state index in [0.717, 1.165) is 18.9 Å². The highest BCUT2D eigenvalue weighted by molar-refractivity contribution is 7.71. The van der Waals surface area contributed by atoms with Gasteiger partial charge in [0.2, 0.25) is 0 Å². The Bertz CT molecular complexity index is 825. The van der Waals surface area contributed by atoms with Crippen molar-refractivity contribution < 1.29 is 18.7 Å². The molecular formula is C15H16FN3O3S. The standard InChI is InChI=1S/C15H16FN3O3S/c1-22-12(20)6-10(7-2-3-7)17-14(21)9-4-8(16)5-11-13(9)19-15(23)18-11/h4-5,7,10H,2-3,6H2,1H3,(H,17,21)(H2,18,19,23)/t10-/m0/s1. The predicted octanol–water partition coefficient (Wildman–Crippen LogP) is 2.44. The number of H-pyrrole nitrogens is 2. The summed E-state index contributed by atoms with van der Waals surface area (Å²) in [7, 11) is 1.31. The van der Waals surface area contributed by atoms with Crippen LogP contribution in [0.2, 0.25) is 0 Å². The number of benzene rings is 1. The van der Waals surface area contributed by atoms with E-state index in [0.29, 0.717) is 15.8 Å². The lowest BCUT2D eigenvalue weighted by Gasteiger charge is -2.17. The number of carbonyl (C=O) groups excluding carboxylic acids is 2. The highest BCUT2D eigenvalue weighted by atomic mass is 32.1. The molecule has 0 unspecified atom stereocenters. The maximum absolute atomic E-state index is 13.7. The normalized spacial score (nSPS) is 15.4. The highest BCUT2D eigenvalue weighted by Crippen LogP contribution is 2.34. The summed E-state index contributed by atoms with van der Waals surface area (Å²) < 4.78 is 18.7. The number of rotatable bonds is 5. The first-order chi connectivity index (χ1) is 11.0. The zero-order valence-electron chi connectivity index (χ0n) is 12.4. The van der Waals surface area contributed by atoms with E-state index in [9.17, 15) is 14.0 Å². The van der Waals surface area contributed by atoms with Crippen molar-refractivity contribution in [2.24, 2.45) is 5.92 Å². The molecule has 1 atom stereocenters. The van der Waals surface area contributed by atoms with Crippen molar-refractivity contribution in [1.82, 2.24) is 15.3 Å². The van der Waals surface area contributed by atoms with Crippen molar-refractivity contribution in [1.29, 1.82) is 0 Å². The molecule has 0 bridgehead atoms. The predicted molar refractivity (Wildman–Crippen MR) is 84.1 cm³/mol. The quantitative estimate of drug-likeness (QED) is 0.578.